The van der Waals surface area contributed by atoms with Crippen molar-refractivity contribution in [3.8, 4) is 0 Å². The Kier molecular flexibility index (Phi) is 5.06. The normalized spacial score (nSPS) is 13.1. The highest BCUT2D eigenvalue weighted by molar-refractivity contribution is 6.31. The zero-order chi connectivity index (χ0) is 11.3. The molecule has 84 valence electrons. The third kappa shape index (κ3) is 4.63. The van der Waals surface area contributed by atoms with Crippen LogP contribution in [0.15, 0.2) is 18.5 Å². The molecule has 1 heterocycles. The van der Waals surface area contributed by atoms with Crippen LogP contribution < -0.4 is 5.32 Å². The van der Waals surface area contributed by atoms with Crippen molar-refractivity contribution < 1.29 is 0 Å². The number of nitrogens with one attached hydrogen (secondary N) is 1. The topological polar surface area (TPSA) is 24.9 Å². The van der Waals surface area contributed by atoms with Crippen molar-refractivity contribution in [2.75, 3.05) is 6.54 Å². The van der Waals surface area contributed by atoms with Crippen LogP contribution in [-0.4, -0.2) is 17.6 Å². The first-order valence-corrected chi connectivity index (χ1v) is 5.79. The zero-order valence-electron chi connectivity index (χ0n) is 9.63. The highest BCUT2D eigenvalue weighted by Gasteiger charge is 2.07. The molecule has 0 saturated heterocycles. The van der Waals surface area contributed by atoms with Gasteiger partial charge in [-0.25, -0.2) is 0 Å². The van der Waals surface area contributed by atoms with Crippen molar-refractivity contribution >= 4 is 11.6 Å². The number of rotatable bonds is 5. The van der Waals surface area contributed by atoms with Gasteiger partial charge < -0.3 is 5.32 Å². The van der Waals surface area contributed by atoms with Crippen LogP contribution >= 0.6 is 11.6 Å². The van der Waals surface area contributed by atoms with Crippen LogP contribution in [0.5, 0.6) is 0 Å². The Morgan fingerprint density at radius 2 is 2.13 bits per heavy atom. The molecule has 2 nitrogen and oxygen atoms in total. The second-order valence-corrected chi connectivity index (χ2v) is 4.75. The quantitative estimate of drug-likeness (QED) is 0.835. The number of nitrogens with zero attached hydrogens (tertiary/aromatic N) is 1. The number of pyridine rings is 1. The van der Waals surface area contributed by atoms with Gasteiger partial charge in [0.05, 0.1) is 5.02 Å². The predicted molar refractivity (Wildman–Crippen MR) is 65.3 cm³/mol. The van der Waals surface area contributed by atoms with Crippen LogP contribution in [0.1, 0.15) is 26.3 Å². The fourth-order valence-electron chi connectivity index (χ4n) is 1.45. The lowest BCUT2D eigenvalue weighted by Crippen LogP contribution is -2.28. The monoisotopic (exact) mass is 226 g/mol. The van der Waals surface area contributed by atoms with Crippen LogP contribution in [0.3, 0.4) is 0 Å². The average Bonchev–Trinajstić information content (AvgIpc) is 2.18. The summed E-state index contributed by atoms with van der Waals surface area (Å²) < 4.78 is 0. The third-order valence-corrected chi connectivity index (χ3v) is 2.64. The van der Waals surface area contributed by atoms with E-state index in [0.717, 1.165) is 18.0 Å². The third-order valence-electron chi connectivity index (χ3n) is 2.30. The summed E-state index contributed by atoms with van der Waals surface area (Å²) in [6, 6.07) is 2.54. The van der Waals surface area contributed by atoms with Crippen LogP contribution in [0.4, 0.5) is 0 Å². The second-order valence-electron chi connectivity index (χ2n) is 4.34. The van der Waals surface area contributed by atoms with Gasteiger partial charge in [-0.15, -0.1) is 0 Å². The molecule has 1 N–H and O–H groups in total. The molecule has 0 aromatic carbocycles. The van der Waals surface area contributed by atoms with Gasteiger partial charge in [-0.1, -0.05) is 32.4 Å². The van der Waals surface area contributed by atoms with Gasteiger partial charge >= 0.3 is 0 Å². The summed E-state index contributed by atoms with van der Waals surface area (Å²) in [7, 11) is 0. The van der Waals surface area contributed by atoms with E-state index < -0.39 is 0 Å². The number of hydrogen-bond acceptors (Lipinski definition) is 2. The minimum Gasteiger partial charge on any atom is -0.314 e. The Morgan fingerprint density at radius 1 is 1.40 bits per heavy atom. The molecule has 3 heteroatoms. The molecule has 0 aliphatic rings. The van der Waals surface area contributed by atoms with E-state index in [1.807, 2.05) is 6.07 Å². The van der Waals surface area contributed by atoms with Gasteiger partial charge in [-0.3, -0.25) is 4.98 Å². The Labute approximate surface area is 97.1 Å². The van der Waals surface area contributed by atoms with Gasteiger partial charge in [0.25, 0.3) is 0 Å². The molecule has 0 aliphatic carbocycles. The summed E-state index contributed by atoms with van der Waals surface area (Å²) in [5, 5.41) is 4.20. The lowest BCUT2D eigenvalue weighted by Gasteiger charge is -2.15. The van der Waals surface area contributed by atoms with Crippen molar-refractivity contribution in [2.24, 2.45) is 5.92 Å². The van der Waals surface area contributed by atoms with E-state index in [9.17, 15) is 0 Å². The standard InChI is InChI=1S/C12H19ClN2/c1-9(2)15-7-10(3)6-11-4-5-14-8-12(11)13/h4-5,8-10,15H,6-7H2,1-3H3. The molecule has 0 fully saturated rings. The van der Waals surface area contributed by atoms with Crippen molar-refractivity contribution in [3.05, 3.63) is 29.0 Å². The summed E-state index contributed by atoms with van der Waals surface area (Å²) in [6.07, 6.45) is 4.50. The maximum absolute atomic E-state index is 6.05. The molecule has 1 rings (SSSR count). The molecule has 1 atom stereocenters. The minimum atomic E-state index is 0.542. The Bertz CT molecular complexity index is 299. The molecule has 0 radical (unpaired) electrons. The molecular weight excluding hydrogens is 208 g/mol. The summed E-state index contributed by atoms with van der Waals surface area (Å²) in [4.78, 5) is 3.98. The van der Waals surface area contributed by atoms with Crippen molar-refractivity contribution in [3.63, 3.8) is 0 Å². The van der Waals surface area contributed by atoms with E-state index in [1.165, 1.54) is 5.56 Å². The fraction of sp³-hybridized carbons (Fsp3) is 0.583. The van der Waals surface area contributed by atoms with Gasteiger partial charge in [-0.2, -0.15) is 0 Å². The van der Waals surface area contributed by atoms with Crippen LogP contribution in [0.25, 0.3) is 0 Å². The molecule has 1 unspecified atom stereocenters. The second kappa shape index (κ2) is 6.09. The van der Waals surface area contributed by atoms with Gasteiger partial charge in [0.1, 0.15) is 0 Å². The highest BCUT2D eigenvalue weighted by Crippen LogP contribution is 2.17. The summed E-state index contributed by atoms with van der Waals surface area (Å²) in [6.45, 7) is 7.57. The first-order valence-electron chi connectivity index (χ1n) is 5.41. The van der Waals surface area contributed by atoms with Crippen LogP contribution in [0, 0.1) is 5.92 Å². The van der Waals surface area contributed by atoms with E-state index >= 15 is 0 Å². The average molecular weight is 227 g/mol. The number of hydrogen-bond donors (Lipinski definition) is 1. The summed E-state index contributed by atoms with van der Waals surface area (Å²) in [5.41, 5.74) is 1.18. The first-order chi connectivity index (χ1) is 7.09. The maximum atomic E-state index is 6.05. The van der Waals surface area contributed by atoms with Gasteiger partial charge in [0, 0.05) is 18.4 Å². The highest BCUT2D eigenvalue weighted by atomic mass is 35.5. The maximum Gasteiger partial charge on any atom is 0.0621 e. The SMILES string of the molecule is CC(CNC(C)C)Cc1ccncc1Cl. The van der Waals surface area contributed by atoms with Crippen molar-refractivity contribution in [2.45, 2.75) is 33.2 Å². The van der Waals surface area contributed by atoms with Gasteiger partial charge in [0.15, 0.2) is 0 Å². The lowest BCUT2D eigenvalue weighted by atomic mass is 10.0. The van der Waals surface area contributed by atoms with Crippen LogP contribution in [-0.2, 0) is 6.42 Å². The van der Waals surface area contributed by atoms with Crippen molar-refractivity contribution in [1.82, 2.24) is 10.3 Å². The molecular formula is C12H19ClN2. The number of aromatic nitrogens is 1. The summed E-state index contributed by atoms with van der Waals surface area (Å²) >= 11 is 6.05. The summed E-state index contributed by atoms with van der Waals surface area (Å²) in [5.74, 6) is 0.590. The first kappa shape index (κ1) is 12.5. The predicted octanol–water partition coefficient (Wildman–Crippen LogP) is 2.91. The van der Waals surface area contributed by atoms with E-state index in [2.05, 4.69) is 31.1 Å². The van der Waals surface area contributed by atoms with E-state index in [4.69, 9.17) is 11.6 Å². The molecule has 0 bridgehead atoms. The molecule has 0 amide bonds. The Hall–Kier alpha value is -0.600. The van der Waals surface area contributed by atoms with E-state index in [0.29, 0.717) is 12.0 Å². The molecule has 15 heavy (non-hydrogen) atoms. The van der Waals surface area contributed by atoms with Crippen molar-refractivity contribution in [1.29, 1.82) is 0 Å². The fourth-order valence-corrected chi connectivity index (χ4v) is 1.65. The van der Waals surface area contributed by atoms with Crippen LogP contribution in [0.2, 0.25) is 5.02 Å². The Morgan fingerprint density at radius 3 is 2.73 bits per heavy atom. The van der Waals surface area contributed by atoms with Gasteiger partial charge in [-0.05, 0) is 30.5 Å². The van der Waals surface area contributed by atoms with E-state index in [1.54, 1.807) is 12.4 Å². The largest absolute Gasteiger partial charge is 0.314 e. The lowest BCUT2D eigenvalue weighted by molar-refractivity contribution is 0.476. The molecule has 1 aromatic rings. The van der Waals surface area contributed by atoms with Gasteiger partial charge in [0.2, 0.25) is 0 Å². The smallest absolute Gasteiger partial charge is 0.0621 e. The zero-order valence-corrected chi connectivity index (χ0v) is 10.4. The van der Waals surface area contributed by atoms with E-state index in [-0.39, 0.29) is 0 Å². The number of halogens is 1. The Balaban J connectivity index is 2.44. The molecule has 0 aliphatic heterocycles. The molecule has 1 aromatic heterocycles. The minimum absolute atomic E-state index is 0.542. The molecule has 0 saturated carbocycles. The molecule has 0 spiro atoms.